The Morgan fingerprint density at radius 3 is 2.79 bits per heavy atom. The highest BCUT2D eigenvalue weighted by Gasteiger charge is 2.09. The topological polar surface area (TPSA) is 46.9 Å². The van der Waals surface area contributed by atoms with E-state index < -0.39 is 0 Å². The molecule has 1 heterocycles. The van der Waals surface area contributed by atoms with Gasteiger partial charge in [-0.2, -0.15) is 5.10 Å². The van der Waals surface area contributed by atoms with E-state index in [4.69, 9.17) is 11.6 Å². The van der Waals surface area contributed by atoms with Gasteiger partial charge in [0.2, 0.25) is 5.91 Å². The Kier molecular flexibility index (Phi) is 3.52. The fourth-order valence-electron chi connectivity index (χ4n) is 1.00. The zero-order valence-corrected chi connectivity index (χ0v) is 9.30. The molecule has 0 atom stereocenters. The molecule has 0 unspecified atom stereocenters. The summed E-state index contributed by atoms with van der Waals surface area (Å²) in [5.74, 6) is -0.00999. The molecule has 78 valence electrons. The summed E-state index contributed by atoms with van der Waals surface area (Å²) in [5, 5.41) is 7.44. The van der Waals surface area contributed by atoms with Gasteiger partial charge >= 0.3 is 0 Å². The highest BCUT2D eigenvalue weighted by atomic mass is 35.5. The number of carbonyl (C=O) groups excluding carboxylic acids is 1. The van der Waals surface area contributed by atoms with Crippen LogP contribution in [0.3, 0.4) is 0 Å². The summed E-state index contributed by atoms with van der Waals surface area (Å²) >= 11 is 5.87. The highest BCUT2D eigenvalue weighted by Crippen LogP contribution is 2.12. The standard InChI is InChI=1S/C9H14ClN3O/c1-6(2)9(14)11-4-8-7(10)5-13(3)12-8/h5-6H,4H2,1-3H3,(H,11,14). The van der Waals surface area contributed by atoms with Crippen LogP contribution >= 0.6 is 11.6 Å². The lowest BCUT2D eigenvalue weighted by Crippen LogP contribution is -2.27. The van der Waals surface area contributed by atoms with Crippen LogP contribution in [0.1, 0.15) is 19.5 Å². The van der Waals surface area contributed by atoms with Gasteiger partial charge in [-0.05, 0) is 0 Å². The summed E-state index contributed by atoms with van der Waals surface area (Å²) < 4.78 is 1.62. The van der Waals surface area contributed by atoms with Crippen LogP contribution in [-0.2, 0) is 18.4 Å². The predicted molar refractivity (Wildman–Crippen MR) is 54.9 cm³/mol. The molecular formula is C9H14ClN3O. The van der Waals surface area contributed by atoms with Gasteiger partial charge in [0.15, 0.2) is 0 Å². The lowest BCUT2D eigenvalue weighted by molar-refractivity contribution is -0.124. The number of carbonyl (C=O) groups is 1. The van der Waals surface area contributed by atoms with E-state index in [0.29, 0.717) is 17.3 Å². The first-order valence-electron chi connectivity index (χ1n) is 4.46. The SMILES string of the molecule is CC(C)C(=O)NCc1nn(C)cc1Cl. The normalized spacial score (nSPS) is 10.6. The molecule has 1 aromatic rings. The molecule has 0 bridgehead atoms. The van der Waals surface area contributed by atoms with Crippen LogP contribution in [0.2, 0.25) is 5.02 Å². The van der Waals surface area contributed by atoms with Gasteiger partial charge in [0.05, 0.1) is 11.6 Å². The van der Waals surface area contributed by atoms with Gasteiger partial charge in [-0.15, -0.1) is 0 Å². The number of nitrogens with zero attached hydrogens (tertiary/aromatic N) is 2. The average molecular weight is 216 g/mol. The molecule has 1 N–H and O–H groups in total. The van der Waals surface area contributed by atoms with Crippen molar-refractivity contribution in [1.29, 1.82) is 0 Å². The summed E-state index contributed by atoms with van der Waals surface area (Å²) in [6, 6.07) is 0. The van der Waals surface area contributed by atoms with Crippen molar-refractivity contribution < 1.29 is 4.79 Å². The number of nitrogens with one attached hydrogen (secondary N) is 1. The van der Waals surface area contributed by atoms with E-state index in [0.717, 1.165) is 0 Å². The molecular weight excluding hydrogens is 202 g/mol. The monoisotopic (exact) mass is 215 g/mol. The second-order valence-electron chi connectivity index (χ2n) is 3.47. The van der Waals surface area contributed by atoms with E-state index in [9.17, 15) is 4.79 Å². The minimum atomic E-state index is -0.0162. The first-order valence-corrected chi connectivity index (χ1v) is 4.84. The molecule has 0 aromatic carbocycles. The van der Waals surface area contributed by atoms with Crippen molar-refractivity contribution in [3.05, 3.63) is 16.9 Å². The molecule has 0 radical (unpaired) electrons. The largest absolute Gasteiger partial charge is 0.350 e. The summed E-state index contributed by atoms with van der Waals surface area (Å²) in [6.45, 7) is 4.07. The Balaban J connectivity index is 2.54. The van der Waals surface area contributed by atoms with Crippen LogP contribution in [0.15, 0.2) is 6.20 Å². The van der Waals surface area contributed by atoms with E-state index in [1.54, 1.807) is 17.9 Å². The van der Waals surface area contributed by atoms with E-state index in [-0.39, 0.29) is 11.8 Å². The maximum atomic E-state index is 11.2. The third kappa shape index (κ3) is 2.73. The molecule has 0 aliphatic heterocycles. The summed E-state index contributed by atoms with van der Waals surface area (Å²) in [5.41, 5.74) is 0.697. The van der Waals surface area contributed by atoms with Crippen LogP contribution in [0.25, 0.3) is 0 Å². The van der Waals surface area contributed by atoms with Gasteiger partial charge in [-0.25, -0.2) is 0 Å². The van der Waals surface area contributed by atoms with Gasteiger partial charge in [0.1, 0.15) is 5.69 Å². The highest BCUT2D eigenvalue weighted by molar-refractivity contribution is 6.31. The van der Waals surface area contributed by atoms with E-state index >= 15 is 0 Å². The molecule has 0 saturated carbocycles. The number of aryl methyl sites for hydroxylation is 1. The number of aromatic nitrogens is 2. The summed E-state index contributed by atoms with van der Waals surface area (Å²) in [6.07, 6.45) is 1.71. The van der Waals surface area contributed by atoms with Gasteiger partial charge in [-0.3, -0.25) is 9.48 Å². The Morgan fingerprint density at radius 2 is 2.36 bits per heavy atom. The molecule has 14 heavy (non-hydrogen) atoms. The van der Waals surface area contributed by atoms with Crippen molar-refractivity contribution in [2.75, 3.05) is 0 Å². The van der Waals surface area contributed by atoms with Crippen molar-refractivity contribution in [2.45, 2.75) is 20.4 Å². The lowest BCUT2D eigenvalue weighted by Gasteiger charge is -2.05. The molecule has 1 rings (SSSR count). The summed E-state index contributed by atoms with van der Waals surface area (Å²) in [7, 11) is 1.79. The Labute approximate surface area is 88.2 Å². The van der Waals surface area contributed by atoms with Crippen molar-refractivity contribution in [3.8, 4) is 0 Å². The van der Waals surface area contributed by atoms with Gasteiger partial charge in [-0.1, -0.05) is 25.4 Å². The van der Waals surface area contributed by atoms with Crippen LogP contribution in [0.5, 0.6) is 0 Å². The van der Waals surface area contributed by atoms with E-state index in [1.165, 1.54) is 0 Å². The van der Waals surface area contributed by atoms with Crippen LogP contribution < -0.4 is 5.32 Å². The smallest absolute Gasteiger partial charge is 0.222 e. The Bertz CT molecular complexity index is 333. The zero-order chi connectivity index (χ0) is 10.7. The first kappa shape index (κ1) is 11.0. The molecule has 0 aliphatic carbocycles. The molecule has 0 spiro atoms. The van der Waals surface area contributed by atoms with Crippen molar-refractivity contribution in [1.82, 2.24) is 15.1 Å². The maximum Gasteiger partial charge on any atom is 0.222 e. The van der Waals surface area contributed by atoms with Crippen molar-refractivity contribution in [3.63, 3.8) is 0 Å². The third-order valence-corrected chi connectivity index (χ3v) is 2.12. The quantitative estimate of drug-likeness (QED) is 0.828. The lowest BCUT2D eigenvalue weighted by atomic mass is 10.2. The predicted octanol–water partition coefficient (Wildman–Crippen LogP) is 1.35. The zero-order valence-electron chi connectivity index (χ0n) is 8.54. The molecule has 0 saturated heterocycles. The maximum absolute atomic E-state index is 11.2. The second-order valence-corrected chi connectivity index (χ2v) is 3.88. The fraction of sp³-hybridized carbons (Fsp3) is 0.556. The third-order valence-electron chi connectivity index (χ3n) is 1.81. The minimum absolute atomic E-state index is 0.00622. The Hall–Kier alpha value is -1.03. The van der Waals surface area contributed by atoms with Crippen LogP contribution in [0.4, 0.5) is 0 Å². The number of amides is 1. The van der Waals surface area contributed by atoms with Crippen LogP contribution in [-0.4, -0.2) is 15.7 Å². The number of hydrogen-bond donors (Lipinski definition) is 1. The molecule has 4 nitrogen and oxygen atoms in total. The second kappa shape index (κ2) is 4.46. The van der Waals surface area contributed by atoms with Gasteiger partial charge < -0.3 is 5.32 Å². The average Bonchev–Trinajstić information content (AvgIpc) is 2.40. The summed E-state index contributed by atoms with van der Waals surface area (Å²) in [4.78, 5) is 11.2. The molecule has 1 aromatic heterocycles. The first-order chi connectivity index (χ1) is 6.50. The van der Waals surface area contributed by atoms with E-state index in [2.05, 4.69) is 10.4 Å². The molecule has 0 aliphatic rings. The number of hydrogen-bond acceptors (Lipinski definition) is 2. The van der Waals surface area contributed by atoms with Crippen molar-refractivity contribution >= 4 is 17.5 Å². The van der Waals surface area contributed by atoms with E-state index in [1.807, 2.05) is 13.8 Å². The van der Waals surface area contributed by atoms with Gasteiger partial charge in [0, 0.05) is 19.2 Å². The Morgan fingerprint density at radius 1 is 1.71 bits per heavy atom. The number of rotatable bonds is 3. The van der Waals surface area contributed by atoms with Gasteiger partial charge in [0.25, 0.3) is 0 Å². The number of halogens is 1. The minimum Gasteiger partial charge on any atom is -0.350 e. The molecule has 5 heteroatoms. The molecule has 0 fully saturated rings. The molecule has 1 amide bonds. The van der Waals surface area contributed by atoms with Crippen molar-refractivity contribution in [2.24, 2.45) is 13.0 Å². The fourth-order valence-corrected chi connectivity index (χ4v) is 1.25. The van der Waals surface area contributed by atoms with Crippen LogP contribution in [0, 0.1) is 5.92 Å².